The number of carbonyl (C=O) groups excluding carboxylic acids is 1. The van der Waals surface area contributed by atoms with Crippen LogP contribution in [0.3, 0.4) is 0 Å². The minimum Gasteiger partial charge on any atom is -0.496 e. The van der Waals surface area contributed by atoms with Crippen molar-refractivity contribution in [3.63, 3.8) is 0 Å². The molecule has 1 aliphatic rings. The highest BCUT2D eigenvalue weighted by molar-refractivity contribution is 5.99. The molecule has 0 aromatic heterocycles. The number of carbonyl (C=O) groups is 1. The topological polar surface area (TPSA) is 38.8 Å². The van der Waals surface area contributed by atoms with Gasteiger partial charge in [-0.25, -0.2) is 5.06 Å². The van der Waals surface area contributed by atoms with Crippen LogP contribution in [-0.2, 0) is 10.3 Å². The molecule has 4 nitrogen and oxygen atoms in total. The Morgan fingerprint density at radius 1 is 0.714 bits per heavy atom. The van der Waals surface area contributed by atoms with Gasteiger partial charge in [0.05, 0.1) is 24.8 Å². The van der Waals surface area contributed by atoms with E-state index in [9.17, 15) is 4.79 Å². The lowest BCUT2D eigenvalue weighted by Crippen LogP contribution is -2.30. The van der Waals surface area contributed by atoms with E-state index >= 15 is 0 Å². The van der Waals surface area contributed by atoms with Crippen LogP contribution in [0.1, 0.15) is 58.6 Å². The molecule has 0 N–H and O–H groups in total. The molecule has 5 aromatic rings. The highest BCUT2D eigenvalue weighted by atomic mass is 16.7. The van der Waals surface area contributed by atoms with E-state index in [1.165, 1.54) is 5.56 Å². The highest BCUT2D eigenvalue weighted by Crippen LogP contribution is 2.52. The van der Waals surface area contributed by atoms with Gasteiger partial charge < -0.3 is 4.74 Å². The first-order chi connectivity index (χ1) is 20.5. The molecule has 1 saturated heterocycles. The Balaban J connectivity index is 1.57. The molecule has 1 heterocycles. The van der Waals surface area contributed by atoms with E-state index in [-0.39, 0.29) is 11.2 Å². The average Bonchev–Trinajstić information content (AvgIpc) is 3.46. The number of hydrogen-bond acceptors (Lipinski definition) is 4. The van der Waals surface area contributed by atoms with Gasteiger partial charge in [-0.15, -0.1) is 0 Å². The third-order valence-electron chi connectivity index (χ3n) is 8.41. The van der Waals surface area contributed by atoms with E-state index in [4.69, 9.17) is 9.57 Å². The molecule has 3 atom stereocenters. The number of methoxy groups -OCH3 is 1. The molecule has 6 rings (SSSR count). The van der Waals surface area contributed by atoms with Crippen LogP contribution >= 0.6 is 0 Å². The quantitative estimate of drug-likeness (QED) is 0.180. The first-order valence-electron chi connectivity index (χ1n) is 14.4. The van der Waals surface area contributed by atoms with E-state index in [1.54, 1.807) is 7.11 Å². The lowest BCUT2D eigenvalue weighted by atomic mass is 9.75. The van der Waals surface area contributed by atoms with Crippen molar-refractivity contribution in [1.82, 2.24) is 0 Å². The van der Waals surface area contributed by atoms with Gasteiger partial charge in [-0.05, 0) is 41.0 Å². The monoisotopic (exact) mass is 553 g/mol. The Kier molecular flexibility index (Phi) is 7.64. The lowest BCUT2D eigenvalue weighted by molar-refractivity contribution is 0.0600. The minimum atomic E-state index is -0.543. The predicted molar refractivity (Wildman–Crippen MR) is 168 cm³/mol. The second kappa shape index (κ2) is 11.7. The van der Waals surface area contributed by atoms with Gasteiger partial charge in [0.2, 0.25) is 0 Å². The number of rotatable bonds is 8. The molecule has 1 fully saturated rings. The van der Waals surface area contributed by atoms with Crippen LogP contribution in [0.15, 0.2) is 140 Å². The van der Waals surface area contributed by atoms with Crippen LogP contribution in [0.25, 0.3) is 0 Å². The number of benzene rings is 5. The van der Waals surface area contributed by atoms with Crippen LogP contribution in [0.5, 0.6) is 5.75 Å². The number of ether oxygens (including phenoxy) is 1. The van der Waals surface area contributed by atoms with Crippen molar-refractivity contribution in [3.05, 3.63) is 167 Å². The maximum atomic E-state index is 14.5. The van der Waals surface area contributed by atoms with Crippen LogP contribution < -0.4 is 9.80 Å². The van der Waals surface area contributed by atoms with E-state index < -0.39 is 18.1 Å². The van der Waals surface area contributed by atoms with Crippen molar-refractivity contribution in [2.75, 3.05) is 12.2 Å². The van der Waals surface area contributed by atoms with Crippen LogP contribution in [0.2, 0.25) is 0 Å². The third-order valence-corrected chi connectivity index (χ3v) is 8.41. The van der Waals surface area contributed by atoms with E-state index in [1.807, 2.05) is 108 Å². The fraction of sp³-hybridized carbons (Fsp3) is 0.184. The standard InChI is InChI=1S/C38H35NO3/c1-38(2,29-20-12-6-13-21-29)30-24-25-33(41-3)32(26-30)35-34(36(40)27-16-8-4-9-17-27)37(28-18-10-5-11-19-28)42-39(35)31-22-14-7-15-23-31/h4-26,34-35,37H,1-3H3. The van der Waals surface area contributed by atoms with Gasteiger partial charge in [-0.2, -0.15) is 0 Å². The maximum Gasteiger partial charge on any atom is 0.171 e. The van der Waals surface area contributed by atoms with Crippen molar-refractivity contribution in [3.8, 4) is 5.75 Å². The second-order valence-electron chi connectivity index (χ2n) is 11.2. The zero-order valence-electron chi connectivity index (χ0n) is 24.2. The SMILES string of the molecule is COc1ccc(C(C)(C)c2ccccc2)cc1C1C(C(=O)c2ccccc2)C(c2ccccc2)ON1c1ccccc1. The summed E-state index contributed by atoms with van der Waals surface area (Å²) in [6.07, 6.45) is -0.500. The number of hydrogen-bond donors (Lipinski definition) is 0. The normalized spacial score (nSPS) is 18.5. The first kappa shape index (κ1) is 27.5. The molecule has 210 valence electrons. The molecule has 4 heteroatoms. The summed E-state index contributed by atoms with van der Waals surface area (Å²) in [5.74, 6) is 0.207. The number of para-hydroxylation sites is 1. The van der Waals surface area contributed by atoms with Gasteiger partial charge in [0, 0.05) is 16.5 Å². The van der Waals surface area contributed by atoms with Gasteiger partial charge in [0.1, 0.15) is 11.9 Å². The Morgan fingerprint density at radius 2 is 1.29 bits per heavy atom. The molecule has 0 amide bonds. The fourth-order valence-electron chi connectivity index (χ4n) is 6.04. The first-order valence-corrected chi connectivity index (χ1v) is 14.4. The van der Waals surface area contributed by atoms with Crippen molar-refractivity contribution >= 4 is 11.5 Å². The summed E-state index contributed by atoms with van der Waals surface area (Å²) < 4.78 is 6.00. The van der Waals surface area contributed by atoms with Crippen molar-refractivity contribution in [2.45, 2.75) is 31.4 Å². The largest absolute Gasteiger partial charge is 0.496 e. The van der Waals surface area contributed by atoms with Gasteiger partial charge in [-0.1, -0.05) is 129 Å². The average molecular weight is 554 g/mol. The number of hydroxylamine groups is 1. The summed E-state index contributed by atoms with van der Waals surface area (Å²) in [5.41, 5.74) is 5.46. The number of ketones is 1. The molecule has 42 heavy (non-hydrogen) atoms. The highest BCUT2D eigenvalue weighted by Gasteiger charge is 2.50. The number of nitrogens with zero attached hydrogens (tertiary/aromatic N) is 1. The van der Waals surface area contributed by atoms with Gasteiger partial charge in [-0.3, -0.25) is 9.63 Å². The maximum absolute atomic E-state index is 14.5. The zero-order valence-corrected chi connectivity index (χ0v) is 24.2. The van der Waals surface area contributed by atoms with Crippen LogP contribution in [-0.4, -0.2) is 12.9 Å². The summed E-state index contributed by atoms with van der Waals surface area (Å²) in [5, 5.41) is 1.92. The summed E-state index contributed by atoms with van der Waals surface area (Å²) in [7, 11) is 1.69. The summed E-state index contributed by atoms with van der Waals surface area (Å²) >= 11 is 0. The Labute approximate surface area is 248 Å². The molecule has 0 bridgehead atoms. The lowest BCUT2D eigenvalue weighted by Gasteiger charge is -2.31. The molecular formula is C38H35NO3. The van der Waals surface area contributed by atoms with Gasteiger partial charge in [0.15, 0.2) is 5.78 Å². The van der Waals surface area contributed by atoms with Crippen LogP contribution in [0, 0.1) is 5.92 Å². The van der Waals surface area contributed by atoms with E-state index in [0.29, 0.717) is 5.56 Å². The molecule has 3 unspecified atom stereocenters. The van der Waals surface area contributed by atoms with Crippen molar-refractivity contribution in [1.29, 1.82) is 0 Å². The Bertz CT molecular complexity index is 1640. The fourth-order valence-corrected chi connectivity index (χ4v) is 6.04. The predicted octanol–water partition coefficient (Wildman–Crippen LogP) is 8.75. The third kappa shape index (κ3) is 5.10. The second-order valence-corrected chi connectivity index (χ2v) is 11.2. The molecular weight excluding hydrogens is 518 g/mol. The Morgan fingerprint density at radius 3 is 1.90 bits per heavy atom. The molecule has 0 saturated carbocycles. The summed E-state index contributed by atoms with van der Waals surface area (Å²) in [6.45, 7) is 4.46. The zero-order chi connectivity index (χ0) is 29.1. The van der Waals surface area contributed by atoms with E-state index in [0.717, 1.165) is 28.1 Å². The molecule has 0 aliphatic carbocycles. The van der Waals surface area contributed by atoms with Gasteiger partial charge in [0.25, 0.3) is 0 Å². The molecule has 0 radical (unpaired) electrons. The van der Waals surface area contributed by atoms with Gasteiger partial charge >= 0.3 is 0 Å². The number of anilines is 1. The summed E-state index contributed by atoms with van der Waals surface area (Å²) in [6, 6.07) is 46.0. The van der Waals surface area contributed by atoms with Crippen molar-refractivity contribution < 1.29 is 14.4 Å². The summed E-state index contributed by atoms with van der Waals surface area (Å²) in [4.78, 5) is 21.4. The van der Waals surface area contributed by atoms with E-state index in [2.05, 4.69) is 50.2 Å². The molecule has 5 aromatic carbocycles. The number of Topliss-reactive ketones (excluding diaryl/α,β-unsaturated/α-hetero) is 1. The Hall–Kier alpha value is -4.67. The minimum absolute atomic E-state index is 0.0302. The molecule has 1 aliphatic heterocycles. The van der Waals surface area contributed by atoms with Crippen molar-refractivity contribution in [2.24, 2.45) is 5.92 Å². The van der Waals surface area contributed by atoms with Crippen LogP contribution in [0.4, 0.5) is 5.69 Å². The smallest absolute Gasteiger partial charge is 0.171 e. The molecule has 0 spiro atoms.